The van der Waals surface area contributed by atoms with Crippen molar-refractivity contribution < 1.29 is 19.8 Å². The van der Waals surface area contributed by atoms with Crippen molar-refractivity contribution in [2.75, 3.05) is 18.4 Å². The van der Waals surface area contributed by atoms with Crippen molar-refractivity contribution in [1.29, 1.82) is 0 Å². The van der Waals surface area contributed by atoms with Crippen LogP contribution in [0.25, 0.3) is 0 Å². The molecular formula is C12H12Cl2N2O4. The van der Waals surface area contributed by atoms with Gasteiger partial charge < -0.3 is 20.4 Å². The number of likely N-dealkylation sites (tertiary alicyclic amines) is 1. The number of β-amino-alcohol motifs (C(OH)–C–C–N with tert-alkyl or cyclic N) is 1. The molecule has 1 aromatic carbocycles. The maximum atomic E-state index is 12.0. The topological polar surface area (TPSA) is 89.9 Å². The quantitative estimate of drug-likeness (QED) is 0.780. The molecule has 1 heterocycles. The number of carbonyl (C=O) groups is 2. The molecule has 0 bridgehead atoms. The summed E-state index contributed by atoms with van der Waals surface area (Å²) in [6.45, 7) is 0.684. The van der Waals surface area contributed by atoms with Crippen LogP contribution in [0.5, 0.6) is 0 Å². The average Bonchev–Trinajstić information content (AvgIpc) is 2.80. The maximum Gasteiger partial charge on any atom is 0.335 e. The second-order valence-corrected chi connectivity index (χ2v) is 5.25. The summed E-state index contributed by atoms with van der Waals surface area (Å²) in [6, 6.07) is 1.99. The molecule has 2 amide bonds. The minimum Gasteiger partial charge on any atom is -0.478 e. The van der Waals surface area contributed by atoms with Gasteiger partial charge in [0.05, 0.1) is 27.4 Å². The van der Waals surface area contributed by atoms with Gasteiger partial charge in [0.25, 0.3) is 0 Å². The fourth-order valence-corrected chi connectivity index (χ4v) is 2.51. The Morgan fingerprint density at radius 2 is 1.90 bits per heavy atom. The van der Waals surface area contributed by atoms with Gasteiger partial charge in [-0.1, -0.05) is 23.2 Å². The van der Waals surface area contributed by atoms with E-state index in [9.17, 15) is 14.7 Å². The van der Waals surface area contributed by atoms with E-state index in [4.69, 9.17) is 28.3 Å². The predicted octanol–water partition coefficient (Wildman–Crippen LogP) is 2.29. The van der Waals surface area contributed by atoms with E-state index in [2.05, 4.69) is 5.32 Å². The molecule has 108 valence electrons. The molecule has 2 rings (SSSR count). The molecule has 1 aliphatic rings. The average molecular weight is 319 g/mol. The van der Waals surface area contributed by atoms with Crippen molar-refractivity contribution in [2.45, 2.75) is 12.5 Å². The van der Waals surface area contributed by atoms with Crippen LogP contribution < -0.4 is 5.32 Å². The molecule has 8 heteroatoms. The number of urea groups is 1. The lowest BCUT2D eigenvalue weighted by Gasteiger charge is -2.18. The largest absolute Gasteiger partial charge is 0.478 e. The summed E-state index contributed by atoms with van der Waals surface area (Å²) in [5, 5.41) is 20.9. The van der Waals surface area contributed by atoms with E-state index >= 15 is 0 Å². The van der Waals surface area contributed by atoms with Gasteiger partial charge in [0.2, 0.25) is 0 Å². The van der Waals surface area contributed by atoms with Gasteiger partial charge in [0.1, 0.15) is 0 Å². The van der Waals surface area contributed by atoms with Crippen LogP contribution in [0.2, 0.25) is 10.0 Å². The third-order valence-electron chi connectivity index (χ3n) is 2.97. The van der Waals surface area contributed by atoms with Crippen LogP contribution in [0, 0.1) is 0 Å². The van der Waals surface area contributed by atoms with Crippen LogP contribution in [0.3, 0.4) is 0 Å². The standard InChI is InChI=1S/C12H12Cl2N2O4/c13-8-3-6(11(18)19)4-9(14)10(8)15-12(20)16-2-1-7(17)5-16/h3-4,7,17H,1-2,5H2,(H,15,20)(H,18,19). The number of aliphatic hydroxyl groups is 1. The highest BCUT2D eigenvalue weighted by Gasteiger charge is 2.25. The summed E-state index contributed by atoms with van der Waals surface area (Å²) in [6.07, 6.45) is -0.00611. The zero-order chi connectivity index (χ0) is 14.9. The number of aromatic carboxylic acids is 1. The van der Waals surface area contributed by atoms with Crippen LogP contribution in [0.15, 0.2) is 12.1 Å². The van der Waals surface area contributed by atoms with E-state index < -0.39 is 18.1 Å². The highest BCUT2D eigenvalue weighted by molar-refractivity contribution is 6.40. The van der Waals surface area contributed by atoms with Gasteiger partial charge in [-0.25, -0.2) is 9.59 Å². The monoisotopic (exact) mass is 318 g/mol. The summed E-state index contributed by atoms with van der Waals surface area (Å²) in [5.41, 5.74) is 0.0966. The number of benzene rings is 1. The predicted molar refractivity (Wildman–Crippen MR) is 74.6 cm³/mol. The van der Waals surface area contributed by atoms with E-state index in [1.54, 1.807) is 0 Å². The second-order valence-electron chi connectivity index (χ2n) is 4.44. The number of hydrogen-bond acceptors (Lipinski definition) is 3. The zero-order valence-corrected chi connectivity index (χ0v) is 11.8. The maximum absolute atomic E-state index is 12.0. The van der Waals surface area contributed by atoms with Crippen molar-refractivity contribution in [1.82, 2.24) is 4.90 Å². The van der Waals surface area contributed by atoms with E-state index in [1.165, 1.54) is 17.0 Å². The lowest BCUT2D eigenvalue weighted by Crippen LogP contribution is -2.33. The van der Waals surface area contributed by atoms with Gasteiger partial charge in [-0.3, -0.25) is 0 Å². The number of carboxylic acids is 1. The number of aliphatic hydroxyl groups excluding tert-OH is 1. The number of rotatable bonds is 2. The summed E-state index contributed by atoms with van der Waals surface area (Å²) < 4.78 is 0. The first-order chi connectivity index (χ1) is 9.38. The Bertz CT molecular complexity index is 541. The minimum absolute atomic E-state index is 0.0444. The second kappa shape index (κ2) is 5.87. The van der Waals surface area contributed by atoms with Crippen molar-refractivity contribution >= 4 is 40.9 Å². The number of carboxylic acid groups (broad SMARTS) is 1. The number of anilines is 1. The SMILES string of the molecule is O=C(O)c1cc(Cl)c(NC(=O)N2CCC(O)C2)c(Cl)c1. The molecule has 1 aliphatic heterocycles. The number of nitrogens with zero attached hydrogens (tertiary/aromatic N) is 1. The number of carbonyl (C=O) groups excluding carboxylic acids is 1. The summed E-state index contributed by atoms with van der Waals surface area (Å²) in [5.74, 6) is -1.16. The first-order valence-electron chi connectivity index (χ1n) is 5.85. The normalized spacial score (nSPS) is 18.1. The fraction of sp³-hybridized carbons (Fsp3) is 0.333. The molecule has 1 saturated heterocycles. The van der Waals surface area contributed by atoms with E-state index in [1.807, 2.05) is 0 Å². The molecule has 20 heavy (non-hydrogen) atoms. The first kappa shape index (κ1) is 14.9. The van der Waals surface area contributed by atoms with Crippen LogP contribution in [0.4, 0.5) is 10.5 Å². The van der Waals surface area contributed by atoms with Crippen molar-refractivity contribution in [2.24, 2.45) is 0 Å². The third-order valence-corrected chi connectivity index (χ3v) is 3.57. The highest BCUT2D eigenvalue weighted by atomic mass is 35.5. The van der Waals surface area contributed by atoms with E-state index in [0.717, 1.165) is 0 Å². The Morgan fingerprint density at radius 3 is 2.35 bits per heavy atom. The molecule has 1 unspecified atom stereocenters. The number of amides is 2. The summed E-state index contributed by atoms with van der Waals surface area (Å²) >= 11 is 11.9. The molecule has 0 radical (unpaired) electrons. The molecule has 0 aliphatic carbocycles. The van der Waals surface area contributed by atoms with Gasteiger partial charge in [-0.15, -0.1) is 0 Å². The number of nitrogens with one attached hydrogen (secondary N) is 1. The Labute approximate surface area is 124 Å². The smallest absolute Gasteiger partial charge is 0.335 e. The van der Waals surface area contributed by atoms with Gasteiger partial charge in [-0.05, 0) is 18.6 Å². The molecule has 3 N–H and O–H groups in total. The Hall–Kier alpha value is -1.50. The molecule has 1 fully saturated rings. The third kappa shape index (κ3) is 3.15. The molecule has 0 aromatic heterocycles. The van der Waals surface area contributed by atoms with Crippen LogP contribution in [-0.4, -0.2) is 46.3 Å². The van der Waals surface area contributed by atoms with Gasteiger partial charge in [-0.2, -0.15) is 0 Å². The van der Waals surface area contributed by atoms with Crippen molar-refractivity contribution in [3.63, 3.8) is 0 Å². The van der Waals surface area contributed by atoms with E-state index in [-0.39, 0.29) is 27.8 Å². The lowest BCUT2D eigenvalue weighted by molar-refractivity contribution is 0.0697. The molecule has 0 spiro atoms. The Balaban J connectivity index is 2.17. The van der Waals surface area contributed by atoms with Gasteiger partial charge >= 0.3 is 12.0 Å². The first-order valence-corrected chi connectivity index (χ1v) is 6.60. The van der Waals surface area contributed by atoms with Crippen LogP contribution in [0.1, 0.15) is 16.8 Å². The highest BCUT2D eigenvalue weighted by Crippen LogP contribution is 2.32. The minimum atomic E-state index is -1.16. The molecule has 1 aromatic rings. The Kier molecular flexibility index (Phi) is 4.37. The van der Waals surface area contributed by atoms with E-state index in [0.29, 0.717) is 13.0 Å². The summed E-state index contributed by atoms with van der Waals surface area (Å²) in [7, 11) is 0. The molecule has 6 nitrogen and oxygen atoms in total. The van der Waals surface area contributed by atoms with Crippen molar-refractivity contribution in [3.05, 3.63) is 27.7 Å². The number of hydrogen-bond donors (Lipinski definition) is 3. The molecular weight excluding hydrogens is 307 g/mol. The fourth-order valence-electron chi connectivity index (χ4n) is 1.93. The summed E-state index contributed by atoms with van der Waals surface area (Å²) in [4.78, 5) is 24.2. The molecule has 0 saturated carbocycles. The zero-order valence-electron chi connectivity index (χ0n) is 10.3. The molecule has 1 atom stereocenters. The Morgan fingerprint density at radius 1 is 1.30 bits per heavy atom. The van der Waals surface area contributed by atoms with Gasteiger partial charge in [0, 0.05) is 13.1 Å². The van der Waals surface area contributed by atoms with Crippen LogP contribution in [-0.2, 0) is 0 Å². The lowest BCUT2D eigenvalue weighted by atomic mass is 10.2. The van der Waals surface area contributed by atoms with Gasteiger partial charge in [0.15, 0.2) is 0 Å². The number of halogens is 2. The van der Waals surface area contributed by atoms with Crippen LogP contribution >= 0.6 is 23.2 Å². The van der Waals surface area contributed by atoms with Crippen molar-refractivity contribution in [3.8, 4) is 0 Å².